The molecule has 1 atom stereocenters. The Morgan fingerprint density at radius 2 is 2.16 bits per heavy atom. The van der Waals surface area contributed by atoms with Gasteiger partial charge in [-0.15, -0.1) is 0 Å². The van der Waals surface area contributed by atoms with Crippen LogP contribution in [0.2, 0.25) is 0 Å². The number of carbonyl (C=O) groups excluding carboxylic acids is 2. The van der Waals surface area contributed by atoms with Gasteiger partial charge in [-0.2, -0.15) is 0 Å². The van der Waals surface area contributed by atoms with Crippen LogP contribution in [0.4, 0.5) is 5.69 Å². The summed E-state index contributed by atoms with van der Waals surface area (Å²) in [6.45, 7) is 3.79. The zero-order valence-electron chi connectivity index (χ0n) is 10.8. The SMILES string of the molecule is Cc1ccc(N2CC(=O)NC(=O)C2C)c(C(N)=S)c1. The Hall–Kier alpha value is -1.95. The van der Waals surface area contributed by atoms with Crippen molar-refractivity contribution < 1.29 is 9.59 Å². The Balaban J connectivity index is 2.48. The number of imide groups is 1. The molecule has 1 heterocycles. The van der Waals surface area contributed by atoms with Crippen molar-refractivity contribution in [1.29, 1.82) is 0 Å². The molecule has 100 valence electrons. The van der Waals surface area contributed by atoms with Crippen molar-refractivity contribution in [3.8, 4) is 0 Å². The van der Waals surface area contributed by atoms with Crippen molar-refractivity contribution in [2.75, 3.05) is 11.4 Å². The number of anilines is 1. The molecule has 1 unspecified atom stereocenters. The molecule has 5 nitrogen and oxygen atoms in total. The molecule has 0 aliphatic carbocycles. The minimum Gasteiger partial charge on any atom is -0.389 e. The Kier molecular flexibility index (Phi) is 3.53. The Bertz CT molecular complexity index is 571. The minimum absolute atomic E-state index is 0.117. The number of piperazine rings is 1. The van der Waals surface area contributed by atoms with Crippen LogP contribution in [0, 0.1) is 6.92 Å². The van der Waals surface area contributed by atoms with Crippen LogP contribution < -0.4 is 16.0 Å². The van der Waals surface area contributed by atoms with E-state index in [0.29, 0.717) is 11.3 Å². The predicted octanol–water partition coefficient (Wildman–Crippen LogP) is 0.481. The topological polar surface area (TPSA) is 75.4 Å². The second kappa shape index (κ2) is 4.97. The first-order valence-corrected chi connectivity index (χ1v) is 6.31. The lowest BCUT2D eigenvalue weighted by atomic mass is 10.1. The first kappa shape index (κ1) is 13.5. The summed E-state index contributed by atoms with van der Waals surface area (Å²) in [5.41, 5.74) is 8.15. The van der Waals surface area contributed by atoms with E-state index in [1.165, 1.54) is 0 Å². The summed E-state index contributed by atoms with van der Waals surface area (Å²) < 4.78 is 0. The fourth-order valence-electron chi connectivity index (χ4n) is 2.11. The number of thiocarbonyl (C=S) groups is 1. The summed E-state index contributed by atoms with van der Waals surface area (Å²) in [5, 5.41) is 2.31. The van der Waals surface area contributed by atoms with E-state index in [2.05, 4.69) is 5.32 Å². The van der Waals surface area contributed by atoms with E-state index >= 15 is 0 Å². The highest BCUT2D eigenvalue weighted by atomic mass is 32.1. The standard InChI is InChI=1S/C13H15N3O2S/c1-7-3-4-10(9(5-7)12(14)19)16-6-11(17)15-13(18)8(16)2/h3-5,8H,6H2,1-2H3,(H2,14,19)(H,15,17,18). The normalized spacial score (nSPS) is 19.3. The van der Waals surface area contributed by atoms with Crippen LogP contribution in [0.5, 0.6) is 0 Å². The zero-order chi connectivity index (χ0) is 14.2. The summed E-state index contributed by atoms with van der Waals surface area (Å²) in [7, 11) is 0. The number of carbonyl (C=O) groups is 2. The molecule has 0 saturated carbocycles. The van der Waals surface area contributed by atoms with Gasteiger partial charge in [0.2, 0.25) is 11.8 Å². The molecule has 0 bridgehead atoms. The molecule has 6 heteroatoms. The Morgan fingerprint density at radius 1 is 1.47 bits per heavy atom. The first-order chi connectivity index (χ1) is 8.90. The lowest BCUT2D eigenvalue weighted by Crippen LogP contribution is -2.57. The van der Waals surface area contributed by atoms with Gasteiger partial charge in [-0.05, 0) is 26.0 Å². The molecule has 1 aliphatic rings. The summed E-state index contributed by atoms with van der Waals surface area (Å²) in [6.07, 6.45) is 0. The van der Waals surface area contributed by atoms with E-state index in [9.17, 15) is 9.59 Å². The maximum atomic E-state index is 11.7. The fraction of sp³-hybridized carbons (Fsp3) is 0.308. The number of benzene rings is 1. The van der Waals surface area contributed by atoms with Crippen molar-refractivity contribution in [2.45, 2.75) is 19.9 Å². The average Bonchev–Trinajstić information content (AvgIpc) is 2.34. The average molecular weight is 277 g/mol. The summed E-state index contributed by atoms with van der Waals surface area (Å²) >= 11 is 5.04. The van der Waals surface area contributed by atoms with Gasteiger partial charge in [-0.25, -0.2) is 0 Å². The van der Waals surface area contributed by atoms with Crippen molar-refractivity contribution >= 4 is 34.7 Å². The molecule has 3 N–H and O–H groups in total. The third-order valence-electron chi connectivity index (χ3n) is 3.15. The van der Waals surface area contributed by atoms with E-state index < -0.39 is 6.04 Å². The van der Waals surface area contributed by atoms with Gasteiger partial charge in [0.05, 0.1) is 6.54 Å². The molecule has 1 saturated heterocycles. The lowest BCUT2D eigenvalue weighted by molar-refractivity contribution is -0.132. The van der Waals surface area contributed by atoms with E-state index in [1.54, 1.807) is 11.8 Å². The zero-order valence-corrected chi connectivity index (χ0v) is 11.6. The molecule has 19 heavy (non-hydrogen) atoms. The van der Waals surface area contributed by atoms with Crippen molar-refractivity contribution in [2.24, 2.45) is 5.73 Å². The third-order valence-corrected chi connectivity index (χ3v) is 3.37. The minimum atomic E-state index is -0.437. The molecule has 2 amide bonds. The smallest absolute Gasteiger partial charge is 0.249 e. The van der Waals surface area contributed by atoms with E-state index in [0.717, 1.165) is 5.56 Å². The second-order valence-electron chi connectivity index (χ2n) is 4.60. The van der Waals surface area contributed by atoms with Gasteiger partial charge in [-0.3, -0.25) is 14.9 Å². The monoisotopic (exact) mass is 277 g/mol. The van der Waals surface area contributed by atoms with Crippen LogP contribution in [-0.2, 0) is 9.59 Å². The number of aryl methyl sites for hydroxylation is 1. The summed E-state index contributed by atoms with van der Waals surface area (Å²) in [4.78, 5) is 25.2. The molecule has 1 aromatic rings. The molecular weight excluding hydrogens is 262 g/mol. The van der Waals surface area contributed by atoms with Gasteiger partial charge < -0.3 is 10.6 Å². The molecule has 1 aromatic carbocycles. The molecule has 2 rings (SSSR count). The van der Waals surface area contributed by atoms with Gasteiger partial charge in [0.1, 0.15) is 11.0 Å². The van der Waals surface area contributed by atoms with Gasteiger partial charge in [-0.1, -0.05) is 23.8 Å². The number of hydrogen-bond donors (Lipinski definition) is 2. The molecule has 0 radical (unpaired) electrons. The summed E-state index contributed by atoms with van der Waals surface area (Å²) in [5.74, 6) is -0.636. The number of nitrogens with two attached hydrogens (primary N) is 1. The number of nitrogens with one attached hydrogen (secondary N) is 1. The molecule has 0 spiro atoms. The van der Waals surface area contributed by atoms with Gasteiger partial charge in [0, 0.05) is 11.3 Å². The van der Waals surface area contributed by atoms with Crippen molar-refractivity contribution in [1.82, 2.24) is 5.32 Å². The van der Waals surface area contributed by atoms with Crippen LogP contribution in [0.1, 0.15) is 18.1 Å². The highest BCUT2D eigenvalue weighted by Gasteiger charge is 2.31. The van der Waals surface area contributed by atoms with E-state index in [-0.39, 0.29) is 23.3 Å². The van der Waals surface area contributed by atoms with Crippen LogP contribution in [0.15, 0.2) is 18.2 Å². The maximum absolute atomic E-state index is 11.7. The van der Waals surface area contributed by atoms with Gasteiger partial charge in [0.15, 0.2) is 0 Å². The largest absolute Gasteiger partial charge is 0.389 e. The van der Waals surface area contributed by atoms with Crippen LogP contribution in [0.3, 0.4) is 0 Å². The molecule has 1 fully saturated rings. The quantitative estimate of drug-likeness (QED) is 0.607. The Labute approximate surface area is 116 Å². The number of hydrogen-bond acceptors (Lipinski definition) is 4. The Morgan fingerprint density at radius 3 is 2.79 bits per heavy atom. The second-order valence-corrected chi connectivity index (χ2v) is 5.04. The van der Waals surface area contributed by atoms with Crippen LogP contribution >= 0.6 is 12.2 Å². The van der Waals surface area contributed by atoms with E-state index in [4.69, 9.17) is 18.0 Å². The molecule has 0 aromatic heterocycles. The van der Waals surface area contributed by atoms with Crippen LogP contribution in [-0.4, -0.2) is 29.4 Å². The molecule has 1 aliphatic heterocycles. The maximum Gasteiger partial charge on any atom is 0.249 e. The predicted molar refractivity (Wildman–Crippen MR) is 77.0 cm³/mol. The highest BCUT2D eigenvalue weighted by Crippen LogP contribution is 2.25. The lowest BCUT2D eigenvalue weighted by Gasteiger charge is -2.34. The number of amides is 2. The van der Waals surface area contributed by atoms with Gasteiger partial charge in [0.25, 0.3) is 0 Å². The van der Waals surface area contributed by atoms with E-state index in [1.807, 2.05) is 25.1 Å². The third kappa shape index (κ3) is 2.58. The molecular formula is C13H15N3O2S. The number of nitrogens with zero attached hydrogens (tertiary/aromatic N) is 1. The highest BCUT2D eigenvalue weighted by molar-refractivity contribution is 7.80. The van der Waals surface area contributed by atoms with Gasteiger partial charge >= 0.3 is 0 Å². The summed E-state index contributed by atoms with van der Waals surface area (Å²) in [6, 6.07) is 5.17. The first-order valence-electron chi connectivity index (χ1n) is 5.91. The van der Waals surface area contributed by atoms with Crippen LogP contribution in [0.25, 0.3) is 0 Å². The van der Waals surface area contributed by atoms with Crippen molar-refractivity contribution in [3.05, 3.63) is 29.3 Å². The fourth-order valence-corrected chi connectivity index (χ4v) is 2.27. The van der Waals surface area contributed by atoms with Crippen molar-refractivity contribution in [3.63, 3.8) is 0 Å². The number of rotatable bonds is 2.